The third-order valence-corrected chi connectivity index (χ3v) is 11.1. The number of carbonyl (C=O) groups is 2. The molecule has 2 aliphatic rings. The van der Waals surface area contributed by atoms with Crippen molar-refractivity contribution in [1.82, 2.24) is 25.4 Å². The van der Waals surface area contributed by atoms with Crippen molar-refractivity contribution in [2.75, 3.05) is 26.2 Å². The summed E-state index contributed by atoms with van der Waals surface area (Å²) in [6.45, 7) is 8.94. The fourth-order valence-electron chi connectivity index (χ4n) is 6.83. The summed E-state index contributed by atoms with van der Waals surface area (Å²) in [7, 11) is 0. The van der Waals surface area contributed by atoms with E-state index in [1.165, 1.54) is 14.3 Å². The van der Waals surface area contributed by atoms with Gasteiger partial charge in [0.1, 0.15) is 6.04 Å². The van der Waals surface area contributed by atoms with Gasteiger partial charge >= 0.3 is 0 Å². The lowest BCUT2D eigenvalue weighted by Crippen LogP contribution is -2.61. The molecular weight excluding hydrogens is 631 g/mol. The van der Waals surface area contributed by atoms with Gasteiger partial charge in [-0.25, -0.2) is 0 Å². The van der Waals surface area contributed by atoms with Gasteiger partial charge in [0, 0.05) is 77.3 Å². The number of hydrogen-bond acceptors (Lipinski definition) is 9. The molecule has 9 nitrogen and oxygen atoms in total. The van der Waals surface area contributed by atoms with E-state index in [0.717, 1.165) is 29.8 Å². The largest absolute Gasteiger partial charge is 0.392 e. The van der Waals surface area contributed by atoms with Gasteiger partial charge in [-0.3, -0.25) is 24.4 Å². The smallest absolute Gasteiger partial charge is 0.239 e. The molecule has 6 rings (SSSR count). The first-order valence-electron chi connectivity index (χ1n) is 16.4. The molecule has 1 aromatic carbocycles. The zero-order valence-electron chi connectivity index (χ0n) is 27.3. The molecule has 0 saturated carbocycles. The minimum absolute atomic E-state index is 0.0555. The van der Waals surface area contributed by atoms with Gasteiger partial charge in [-0.15, -0.1) is 22.7 Å². The molecule has 1 fully saturated rings. The monoisotopic (exact) mass is 675 g/mol. The number of hydrogen-bond donors (Lipinski definition) is 4. The molecule has 0 bridgehead atoms. The lowest BCUT2D eigenvalue weighted by atomic mass is 9.92. The zero-order chi connectivity index (χ0) is 33.1. The highest BCUT2D eigenvalue weighted by atomic mass is 32.1. The normalized spacial score (nSPS) is 21.8. The molecule has 47 heavy (non-hydrogen) atoms. The average Bonchev–Trinajstić information content (AvgIpc) is 3.71. The molecule has 4 heterocycles. The molecule has 0 radical (unpaired) electrons. The number of piperazine rings is 1. The van der Waals surface area contributed by atoms with Crippen LogP contribution in [0.4, 0.5) is 0 Å². The van der Waals surface area contributed by atoms with Gasteiger partial charge in [0.15, 0.2) is 0 Å². The Hall–Kier alpha value is -3.19. The fraction of sp³-hybridized carbons (Fsp3) is 0.472. The van der Waals surface area contributed by atoms with E-state index in [1.807, 2.05) is 57.2 Å². The van der Waals surface area contributed by atoms with E-state index >= 15 is 0 Å². The minimum Gasteiger partial charge on any atom is -0.392 e. The summed E-state index contributed by atoms with van der Waals surface area (Å²) in [5.41, 5.74) is 2.48. The van der Waals surface area contributed by atoms with Crippen molar-refractivity contribution >= 4 is 43.9 Å². The number of β-amino-alcohol motifs (C(OH)–C–C–N with tert-alkyl or cyclic N) is 1. The van der Waals surface area contributed by atoms with Gasteiger partial charge in [0.2, 0.25) is 11.8 Å². The number of nitrogens with zero attached hydrogens (tertiary/aromatic N) is 3. The summed E-state index contributed by atoms with van der Waals surface area (Å²) in [4.78, 5) is 37.4. The van der Waals surface area contributed by atoms with Crippen molar-refractivity contribution in [3.63, 3.8) is 0 Å². The van der Waals surface area contributed by atoms with Crippen molar-refractivity contribution in [1.29, 1.82) is 0 Å². The van der Waals surface area contributed by atoms with Gasteiger partial charge < -0.3 is 20.8 Å². The lowest BCUT2D eigenvalue weighted by Gasteiger charge is -2.42. The molecule has 2 amide bonds. The third kappa shape index (κ3) is 8.46. The van der Waals surface area contributed by atoms with Crippen molar-refractivity contribution in [3.05, 3.63) is 87.9 Å². The van der Waals surface area contributed by atoms with Gasteiger partial charge in [-0.2, -0.15) is 0 Å². The summed E-state index contributed by atoms with van der Waals surface area (Å²) in [5, 5.41) is 30.7. The maximum absolute atomic E-state index is 13.8. The molecule has 1 aliphatic heterocycles. The quantitative estimate of drug-likeness (QED) is 0.189. The maximum Gasteiger partial charge on any atom is 0.239 e. The second kappa shape index (κ2) is 14.5. The summed E-state index contributed by atoms with van der Waals surface area (Å²) in [6, 6.07) is 15.0. The topological polar surface area (TPSA) is 118 Å². The Labute approximate surface area is 284 Å². The van der Waals surface area contributed by atoms with Crippen LogP contribution in [0.2, 0.25) is 0 Å². The van der Waals surface area contributed by atoms with Crippen LogP contribution < -0.4 is 10.6 Å². The molecule has 3 aromatic heterocycles. The van der Waals surface area contributed by atoms with Crippen molar-refractivity contribution < 1.29 is 19.8 Å². The predicted molar refractivity (Wildman–Crippen MR) is 187 cm³/mol. The third-order valence-electron chi connectivity index (χ3n) is 9.03. The zero-order valence-corrected chi connectivity index (χ0v) is 28.9. The minimum atomic E-state index is -0.844. The molecule has 5 atom stereocenters. The second-order valence-corrected chi connectivity index (χ2v) is 16.1. The van der Waals surface area contributed by atoms with Gasteiger partial charge in [0.05, 0.1) is 18.2 Å². The van der Waals surface area contributed by atoms with Gasteiger partial charge in [-0.1, -0.05) is 30.3 Å². The summed E-state index contributed by atoms with van der Waals surface area (Å²) < 4.78 is 2.59. The number of thiophene rings is 2. The van der Waals surface area contributed by atoms with E-state index < -0.39 is 35.7 Å². The predicted octanol–water partition coefficient (Wildman–Crippen LogP) is 4.14. The Balaban J connectivity index is 1.15. The maximum atomic E-state index is 13.8. The molecule has 11 heteroatoms. The van der Waals surface area contributed by atoms with Crippen LogP contribution in [0.25, 0.3) is 9.40 Å². The van der Waals surface area contributed by atoms with Gasteiger partial charge in [-0.05, 0) is 73.9 Å². The van der Waals surface area contributed by atoms with Crippen LogP contribution in [0.1, 0.15) is 54.8 Å². The summed E-state index contributed by atoms with van der Waals surface area (Å²) in [5.74, 6) is -0.818. The number of aromatic nitrogens is 1. The lowest BCUT2D eigenvalue weighted by molar-refractivity contribution is -0.132. The molecular formula is C36H45N5O4S2. The molecule has 1 aliphatic carbocycles. The highest BCUT2D eigenvalue weighted by Crippen LogP contribution is 2.33. The van der Waals surface area contributed by atoms with Crippen LogP contribution in [0.5, 0.6) is 0 Å². The van der Waals surface area contributed by atoms with Crippen molar-refractivity contribution in [3.8, 4) is 0 Å². The van der Waals surface area contributed by atoms with E-state index in [1.54, 1.807) is 35.1 Å². The number of aliphatic hydroxyl groups is 2. The number of fused-ring (bicyclic) bond motifs is 2. The standard InChI is InChI=1S/C36H45N5O4S2/c1-36(2,3)39-35(45)29-22-40(21-27-18-32-31(47-27)10-14-46-32)12-13-41(29)20-26(42)16-25(15-23-7-6-11-37-19-23)34(44)38-33-28-9-5-4-8-24(28)17-30(33)43/h4-11,14,18-19,25-26,29-30,33,42-43H,12-13,15-17,20-22H2,1-3H3,(H,38,44)(H,39,45)/t25-,26-,29-,30+,33-/m0/s1. The first-order chi connectivity index (χ1) is 22.5. The number of rotatable bonds is 11. The van der Waals surface area contributed by atoms with Crippen LogP contribution in [-0.4, -0.2) is 86.8 Å². The fourth-order valence-corrected chi connectivity index (χ4v) is 9.01. The SMILES string of the molecule is CC(C)(C)NC(=O)[C@@H]1CN(Cc2cc3sccc3s2)CCN1C[C@@H](O)C[C@H](Cc1cccnc1)C(=O)N[C@H]1c2ccccc2C[C@H]1O. The van der Waals surface area contributed by atoms with E-state index in [-0.39, 0.29) is 24.8 Å². The van der Waals surface area contributed by atoms with Crippen LogP contribution in [0, 0.1) is 5.92 Å². The van der Waals surface area contributed by atoms with Gasteiger partial charge in [0.25, 0.3) is 0 Å². The number of nitrogens with one attached hydrogen (secondary N) is 2. The number of benzene rings is 1. The molecule has 0 spiro atoms. The van der Waals surface area contributed by atoms with Crippen LogP contribution in [0.3, 0.4) is 0 Å². The number of carbonyl (C=O) groups excluding carboxylic acids is 2. The first kappa shape index (κ1) is 33.7. The molecule has 4 aromatic rings. The molecule has 4 N–H and O–H groups in total. The van der Waals surface area contributed by atoms with E-state index in [9.17, 15) is 19.8 Å². The number of amides is 2. The molecule has 250 valence electrons. The Morgan fingerprint density at radius 3 is 2.70 bits per heavy atom. The Kier molecular flexibility index (Phi) is 10.4. The highest BCUT2D eigenvalue weighted by molar-refractivity contribution is 7.26. The Morgan fingerprint density at radius 2 is 1.94 bits per heavy atom. The van der Waals surface area contributed by atoms with E-state index in [4.69, 9.17) is 0 Å². The Bertz CT molecular complexity index is 1640. The average molecular weight is 676 g/mol. The van der Waals surface area contributed by atoms with Crippen LogP contribution in [0.15, 0.2) is 66.3 Å². The summed E-state index contributed by atoms with van der Waals surface area (Å²) >= 11 is 3.55. The van der Waals surface area contributed by atoms with E-state index in [2.05, 4.69) is 42.9 Å². The summed E-state index contributed by atoms with van der Waals surface area (Å²) in [6.07, 6.45) is 3.00. The molecule has 0 unspecified atom stereocenters. The second-order valence-electron chi connectivity index (χ2n) is 14.0. The van der Waals surface area contributed by atoms with Crippen LogP contribution in [-0.2, 0) is 29.0 Å². The Morgan fingerprint density at radius 1 is 1.11 bits per heavy atom. The van der Waals surface area contributed by atoms with Crippen LogP contribution >= 0.6 is 22.7 Å². The number of aliphatic hydroxyl groups excluding tert-OH is 2. The van der Waals surface area contributed by atoms with Crippen molar-refractivity contribution in [2.45, 2.75) is 76.4 Å². The first-order valence-corrected chi connectivity index (χ1v) is 18.1. The van der Waals surface area contributed by atoms with E-state index in [0.29, 0.717) is 25.9 Å². The number of pyridine rings is 1. The molecule has 1 saturated heterocycles. The highest BCUT2D eigenvalue weighted by Gasteiger charge is 2.37. The van der Waals surface area contributed by atoms with Crippen molar-refractivity contribution in [2.24, 2.45) is 5.92 Å².